The first kappa shape index (κ1) is 12.4. The summed E-state index contributed by atoms with van der Waals surface area (Å²) in [6.45, 7) is 1.47. The summed E-state index contributed by atoms with van der Waals surface area (Å²) < 4.78 is 12.0. The fourth-order valence-electron chi connectivity index (χ4n) is 2.10. The molecule has 2 heterocycles. The quantitative estimate of drug-likeness (QED) is 0.488. The van der Waals surface area contributed by atoms with E-state index in [1.807, 2.05) is 10.6 Å². The Bertz CT molecular complexity index is 634. The van der Waals surface area contributed by atoms with Gasteiger partial charge in [0.1, 0.15) is 5.82 Å². The largest absolute Gasteiger partial charge is 0.465 e. The van der Waals surface area contributed by atoms with Crippen LogP contribution in [0, 0.1) is 0 Å². The second kappa shape index (κ2) is 4.83. The molecule has 1 atom stereocenters. The number of ether oxygens (including phenoxy) is 2. The van der Waals surface area contributed by atoms with Gasteiger partial charge < -0.3 is 14.0 Å². The summed E-state index contributed by atoms with van der Waals surface area (Å²) in [7, 11) is 1.37. The molecule has 5 nitrogen and oxygen atoms in total. The highest BCUT2D eigenvalue weighted by atomic mass is 35.5. The number of aromatic nitrogens is 2. The Morgan fingerprint density at radius 1 is 1.63 bits per heavy atom. The van der Waals surface area contributed by atoms with E-state index in [2.05, 4.69) is 4.98 Å². The lowest BCUT2D eigenvalue weighted by Gasteiger charge is -2.06. The van der Waals surface area contributed by atoms with Crippen molar-refractivity contribution in [1.29, 1.82) is 0 Å². The zero-order valence-corrected chi connectivity index (χ0v) is 11.2. The van der Waals surface area contributed by atoms with Crippen molar-refractivity contribution in [2.45, 2.75) is 18.5 Å². The minimum atomic E-state index is -0.357. The van der Waals surface area contributed by atoms with E-state index in [1.165, 1.54) is 7.11 Å². The van der Waals surface area contributed by atoms with Crippen LogP contribution in [0.1, 0.15) is 16.2 Å². The van der Waals surface area contributed by atoms with Crippen LogP contribution in [-0.4, -0.2) is 35.3 Å². The van der Waals surface area contributed by atoms with Crippen molar-refractivity contribution in [2.75, 3.05) is 13.7 Å². The fraction of sp³-hybridized carbons (Fsp3) is 0.385. The molecule has 6 heteroatoms. The van der Waals surface area contributed by atoms with Gasteiger partial charge in [-0.05, 0) is 18.2 Å². The molecule has 0 unspecified atom stereocenters. The standard InChI is InChI=1S/C13H13ClN2O3/c1-18-13(17)8-2-3-10-11(4-8)16(6-9-7-19-9)12(5-14)15-10/h2-4,9H,5-7H2,1H3/t9-/m0/s1. The molecule has 0 spiro atoms. The molecular formula is C13H13ClN2O3. The monoisotopic (exact) mass is 280 g/mol. The van der Waals surface area contributed by atoms with E-state index in [4.69, 9.17) is 21.1 Å². The van der Waals surface area contributed by atoms with Crippen molar-refractivity contribution in [2.24, 2.45) is 0 Å². The van der Waals surface area contributed by atoms with E-state index in [0.717, 1.165) is 23.5 Å². The van der Waals surface area contributed by atoms with E-state index in [1.54, 1.807) is 12.1 Å². The van der Waals surface area contributed by atoms with Crippen molar-refractivity contribution in [3.05, 3.63) is 29.6 Å². The number of methoxy groups -OCH3 is 1. The number of nitrogens with zero attached hydrogens (tertiary/aromatic N) is 2. The number of benzene rings is 1. The number of halogens is 1. The Morgan fingerprint density at radius 3 is 3.05 bits per heavy atom. The number of rotatable bonds is 4. The average Bonchev–Trinajstić information content (AvgIpc) is 3.19. The van der Waals surface area contributed by atoms with Gasteiger partial charge in [-0.2, -0.15) is 0 Å². The first-order valence-electron chi connectivity index (χ1n) is 5.98. The van der Waals surface area contributed by atoms with E-state index in [9.17, 15) is 4.79 Å². The van der Waals surface area contributed by atoms with Gasteiger partial charge in [0.15, 0.2) is 0 Å². The molecule has 1 fully saturated rings. The first-order chi connectivity index (χ1) is 9.22. The maximum atomic E-state index is 11.6. The van der Waals surface area contributed by atoms with Gasteiger partial charge in [0.25, 0.3) is 0 Å². The number of carbonyl (C=O) groups is 1. The molecule has 0 N–H and O–H groups in total. The highest BCUT2D eigenvalue weighted by molar-refractivity contribution is 6.16. The number of fused-ring (bicyclic) bond motifs is 1. The Hall–Kier alpha value is -1.59. The normalized spacial score (nSPS) is 17.7. The molecule has 1 aromatic heterocycles. The number of carbonyl (C=O) groups excluding carboxylic acids is 1. The maximum Gasteiger partial charge on any atom is 0.337 e. The summed E-state index contributed by atoms with van der Waals surface area (Å²) in [4.78, 5) is 16.0. The lowest BCUT2D eigenvalue weighted by Crippen LogP contribution is -2.08. The second-order valence-corrected chi connectivity index (χ2v) is 4.69. The summed E-state index contributed by atoms with van der Waals surface area (Å²) in [5, 5.41) is 0. The van der Waals surface area contributed by atoms with Gasteiger partial charge in [-0.25, -0.2) is 9.78 Å². The SMILES string of the molecule is COC(=O)c1ccc2nc(CCl)n(C[C@H]3CO3)c2c1. The van der Waals surface area contributed by atoms with Crippen LogP contribution in [0.15, 0.2) is 18.2 Å². The smallest absolute Gasteiger partial charge is 0.337 e. The fourth-order valence-corrected chi connectivity index (χ4v) is 2.30. The van der Waals surface area contributed by atoms with Crippen LogP contribution < -0.4 is 0 Å². The molecule has 1 aliphatic rings. The molecule has 0 saturated carbocycles. The molecule has 1 saturated heterocycles. The van der Waals surface area contributed by atoms with Crippen molar-refractivity contribution in [3.63, 3.8) is 0 Å². The number of hydrogen-bond donors (Lipinski definition) is 0. The topological polar surface area (TPSA) is 56.6 Å². The summed E-state index contributed by atoms with van der Waals surface area (Å²) in [6, 6.07) is 5.30. The number of esters is 1. The number of alkyl halides is 1. The van der Waals surface area contributed by atoms with Gasteiger partial charge in [-0.3, -0.25) is 0 Å². The van der Waals surface area contributed by atoms with Crippen LogP contribution in [-0.2, 0) is 21.9 Å². The molecule has 2 aromatic rings. The summed E-state index contributed by atoms with van der Waals surface area (Å²) in [5.74, 6) is 0.758. The minimum absolute atomic E-state index is 0.223. The number of epoxide rings is 1. The van der Waals surface area contributed by atoms with Gasteiger partial charge in [0, 0.05) is 0 Å². The van der Waals surface area contributed by atoms with Gasteiger partial charge in [-0.1, -0.05) is 0 Å². The zero-order chi connectivity index (χ0) is 13.4. The third-order valence-electron chi connectivity index (χ3n) is 3.16. The summed E-state index contributed by atoms with van der Waals surface area (Å²) in [5.41, 5.74) is 2.21. The van der Waals surface area contributed by atoms with E-state index >= 15 is 0 Å². The van der Waals surface area contributed by atoms with Gasteiger partial charge in [-0.15, -0.1) is 11.6 Å². The molecule has 0 bridgehead atoms. The highest BCUT2D eigenvalue weighted by Gasteiger charge is 2.25. The number of imidazole rings is 1. The van der Waals surface area contributed by atoms with Gasteiger partial charge in [0.05, 0.1) is 48.8 Å². The van der Waals surface area contributed by atoms with Crippen LogP contribution in [0.3, 0.4) is 0 Å². The van der Waals surface area contributed by atoms with E-state index in [-0.39, 0.29) is 12.1 Å². The van der Waals surface area contributed by atoms with Crippen molar-refractivity contribution in [1.82, 2.24) is 9.55 Å². The molecule has 1 aromatic carbocycles. The molecule has 0 aliphatic carbocycles. The van der Waals surface area contributed by atoms with Crippen LogP contribution in [0.2, 0.25) is 0 Å². The highest BCUT2D eigenvalue weighted by Crippen LogP contribution is 2.23. The molecular weight excluding hydrogens is 268 g/mol. The van der Waals surface area contributed by atoms with Gasteiger partial charge >= 0.3 is 5.97 Å². The molecule has 100 valence electrons. The molecule has 19 heavy (non-hydrogen) atoms. The lowest BCUT2D eigenvalue weighted by atomic mass is 10.2. The third-order valence-corrected chi connectivity index (χ3v) is 3.40. The number of hydrogen-bond acceptors (Lipinski definition) is 4. The van der Waals surface area contributed by atoms with E-state index < -0.39 is 0 Å². The van der Waals surface area contributed by atoms with Crippen molar-refractivity contribution < 1.29 is 14.3 Å². The maximum absolute atomic E-state index is 11.6. The lowest BCUT2D eigenvalue weighted by molar-refractivity contribution is 0.0601. The van der Waals surface area contributed by atoms with Crippen LogP contribution in [0.4, 0.5) is 0 Å². The second-order valence-electron chi connectivity index (χ2n) is 4.42. The zero-order valence-electron chi connectivity index (χ0n) is 10.4. The minimum Gasteiger partial charge on any atom is -0.465 e. The first-order valence-corrected chi connectivity index (χ1v) is 6.51. The molecule has 0 radical (unpaired) electrons. The van der Waals surface area contributed by atoms with E-state index in [0.29, 0.717) is 18.0 Å². The predicted octanol–water partition coefficient (Wildman–Crippen LogP) is 1.96. The summed E-state index contributed by atoms with van der Waals surface area (Å²) in [6.07, 6.45) is 0.223. The molecule has 3 rings (SSSR count). The predicted molar refractivity (Wildman–Crippen MR) is 70.4 cm³/mol. The molecule has 0 amide bonds. The third kappa shape index (κ3) is 2.31. The Kier molecular flexibility index (Phi) is 3.16. The Morgan fingerprint density at radius 2 is 2.42 bits per heavy atom. The van der Waals surface area contributed by atoms with Crippen LogP contribution >= 0.6 is 11.6 Å². The Labute approximate surface area is 115 Å². The Balaban J connectivity index is 2.10. The summed E-state index contributed by atoms with van der Waals surface area (Å²) >= 11 is 5.92. The van der Waals surface area contributed by atoms with Gasteiger partial charge in [0.2, 0.25) is 0 Å². The van der Waals surface area contributed by atoms with Crippen molar-refractivity contribution >= 4 is 28.6 Å². The van der Waals surface area contributed by atoms with Crippen molar-refractivity contribution in [3.8, 4) is 0 Å². The van der Waals surface area contributed by atoms with Crippen LogP contribution in [0.25, 0.3) is 11.0 Å². The average molecular weight is 281 g/mol. The van der Waals surface area contributed by atoms with Crippen LogP contribution in [0.5, 0.6) is 0 Å². The molecule has 1 aliphatic heterocycles.